The fraction of sp³-hybridized carbons (Fsp3) is 0.485. The Balaban J connectivity index is 0.951. The van der Waals surface area contributed by atoms with Crippen molar-refractivity contribution in [1.29, 1.82) is 5.26 Å². The average Bonchev–Trinajstić information content (AvgIpc) is 3.45. The number of hydrogen-bond donors (Lipinski definition) is 2. The highest BCUT2D eigenvalue weighted by molar-refractivity contribution is 5.82. The second-order valence-corrected chi connectivity index (χ2v) is 12.6. The molecule has 0 aliphatic carbocycles. The minimum atomic E-state index is -2.95. The zero-order chi connectivity index (χ0) is 33.3. The number of carbonyl (C=O) groups is 1. The fourth-order valence-corrected chi connectivity index (χ4v) is 6.51. The number of piperazine rings is 1. The molecule has 5 heterocycles. The van der Waals surface area contributed by atoms with E-state index in [-0.39, 0.29) is 30.8 Å². The number of carbonyl (C=O) groups excluding carboxylic acids is 1. The number of anilines is 3. The van der Waals surface area contributed by atoms with E-state index in [1.807, 2.05) is 12.1 Å². The monoisotopic (exact) mass is 663 g/mol. The molecule has 2 N–H and O–H groups in total. The van der Waals surface area contributed by atoms with Crippen molar-refractivity contribution in [1.82, 2.24) is 30.1 Å². The van der Waals surface area contributed by atoms with Crippen LogP contribution >= 0.6 is 0 Å². The fourth-order valence-electron chi connectivity index (χ4n) is 6.51. The number of hydrogen-bond acceptors (Lipinski definition) is 11. The standard InChI is InChI=1S/C33H36F3N9O3/c34-26-16-45(31(46)27-14-33(35,36)19-38-27)8-7-29(26)48-28-6-1-21(13-22(28)15-37)30-39-20-40-32(42-30)41-23-2-4-24(5-3-23)43-9-11-44(12-10-43)25-17-47-18-25/h1-6,13,20,25-27,29,38H,7-12,14,16-19H2,(H,39,40,41,42)/t26-,27+,29+/m1/s1. The second kappa shape index (κ2) is 13.5. The van der Waals surface area contributed by atoms with Crippen LogP contribution < -0.4 is 20.3 Å². The number of alkyl halides is 3. The van der Waals surface area contributed by atoms with Gasteiger partial charge in [0, 0.05) is 62.5 Å². The van der Waals surface area contributed by atoms with Crippen molar-refractivity contribution in [2.45, 2.75) is 43.1 Å². The van der Waals surface area contributed by atoms with Gasteiger partial charge >= 0.3 is 0 Å². The van der Waals surface area contributed by atoms with E-state index in [2.05, 4.69) is 53.6 Å². The number of nitrogens with zero attached hydrogens (tertiary/aromatic N) is 7. The SMILES string of the molecule is N#Cc1cc(-c2ncnc(Nc3ccc(N4CCN(C5COC5)CC4)cc3)n2)ccc1O[C@H]1CCN(C(=O)[C@@H]2CC(F)(F)CN2)C[C@H]1F. The maximum atomic E-state index is 15.1. The molecule has 4 aliphatic heterocycles. The van der Waals surface area contributed by atoms with Gasteiger partial charge in [-0.2, -0.15) is 10.2 Å². The molecule has 1 amide bonds. The summed E-state index contributed by atoms with van der Waals surface area (Å²) in [6.07, 6.45) is -1.53. The Morgan fingerprint density at radius 2 is 1.88 bits per heavy atom. The van der Waals surface area contributed by atoms with Crippen molar-refractivity contribution >= 4 is 23.2 Å². The van der Waals surface area contributed by atoms with E-state index in [0.717, 1.165) is 50.8 Å². The van der Waals surface area contributed by atoms with E-state index in [1.165, 1.54) is 11.2 Å². The van der Waals surface area contributed by atoms with E-state index in [4.69, 9.17) is 9.47 Å². The van der Waals surface area contributed by atoms with Crippen LogP contribution in [0.15, 0.2) is 48.8 Å². The summed E-state index contributed by atoms with van der Waals surface area (Å²) < 4.78 is 53.5. The number of benzene rings is 2. The third kappa shape index (κ3) is 7.01. The Morgan fingerprint density at radius 3 is 2.54 bits per heavy atom. The average molecular weight is 664 g/mol. The van der Waals surface area contributed by atoms with Crippen molar-refractivity contribution < 1.29 is 27.4 Å². The molecule has 0 unspecified atom stereocenters. The summed E-state index contributed by atoms with van der Waals surface area (Å²) in [4.78, 5) is 31.8. The van der Waals surface area contributed by atoms with Crippen LogP contribution in [-0.4, -0.2) is 120 Å². The summed E-state index contributed by atoms with van der Waals surface area (Å²) in [5.74, 6) is -2.63. The molecule has 15 heteroatoms. The molecule has 48 heavy (non-hydrogen) atoms. The molecule has 0 radical (unpaired) electrons. The lowest BCUT2D eigenvalue weighted by atomic mass is 10.0. The van der Waals surface area contributed by atoms with Gasteiger partial charge in [-0.05, 0) is 42.5 Å². The number of rotatable bonds is 8. The third-order valence-electron chi connectivity index (χ3n) is 9.35. The molecule has 0 spiro atoms. The summed E-state index contributed by atoms with van der Waals surface area (Å²) in [6.45, 7) is 4.95. The minimum Gasteiger partial charge on any atom is -0.486 e. The van der Waals surface area contributed by atoms with Gasteiger partial charge in [-0.1, -0.05) is 0 Å². The number of ether oxygens (including phenoxy) is 2. The Morgan fingerprint density at radius 1 is 1.08 bits per heavy atom. The van der Waals surface area contributed by atoms with Gasteiger partial charge in [0.2, 0.25) is 11.9 Å². The molecule has 3 aromatic rings. The first-order chi connectivity index (χ1) is 23.2. The van der Waals surface area contributed by atoms with E-state index in [1.54, 1.807) is 18.2 Å². The first kappa shape index (κ1) is 32.0. The number of nitrogens with one attached hydrogen (secondary N) is 2. The predicted octanol–water partition coefficient (Wildman–Crippen LogP) is 2.99. The zero-order valence-electron chi connectivity index (χ0n) is 26.2. The highest BCUT2D eigenvalue weighted by Crippen LogP contribution is 2.31. The number of piperidine rings is 1. The summed E-state index contributed by atoms with van der Waals surface area (Å²) >= 11 is 0. The van der Waals surface area contributed by atoms with Crippen LogP contribution in [0.2, 0.25) is 0 Å². The number of halogens is 3. The van der Waals surface area contributed by atoms with Crippen molar-refractivity contribution in [2.24, 2.45) is 0 Å². The lowest BCUT2D eigenvalue weighted by Gasteiger charge is -2.43. The molecule has 4 aliphatic rings. The summed E-state index contributed by atoms with van der Waals surface area (Å²) in [5, 5.41) is 15.6. The van der Waals surface area contributed by atoms with Gasteiger partial charge in [0.05, 0.1) is 44.0 Å². The van der Waals surface area contributed by atoms with Gasteiger partial charge in [0.25, 0.3) is 5.92 Å². The van der Waals surface area contributed by atoms with E-state index in [0.29, 0.717) is 23.4 Å². The molecule has 12 nitrogen and oxygen atoms in total. The number of aromatic nitrogens is 3. The predicted molar refractivity (Wildman–Crippen MR) is 170 cm³/mol. The van der Waals surface area contributed by atoms with E-state index in [9.17, 15) is 18.8 Å². The molecule has 0 bridgehead atoms. The molecular weight excluding hydrogens is 627 g/mol. The lowest BCUT2D eigenvalue weighted by molar-refractivity contribution is -0.137. The first-order valence-electron chi connectivity index (χ1n) is 16.1. The second-order valence-electron chi connectivity index (χ2n) is 12.6. The molecular formula is C33H36F3N9O3. The van der Waals surface area contributed by atoms with Gasteiger partial charge < -0.3 is 24.6 Å². The highest BCUT2D eigenvalue weighted by Gasteiger charge is 2.45. The number of nitriles is 1. The smallest absolute Gasteiger partial charge is 0.262 e. The Bertz CT molecular complexity index is 1660. The topological polar surface area (TPSA) is 132 Å². The van der Waals surface area contributed by atoms with Crippen LogP contribution in [0.25, 0.3) is 11.4 Å². The lowest BCUT2D eigenvalue weighted by Crippen LogP contribution is -2.56. The summed E-state index contributed by atoms with van der Waals surface area (Å²) in [6, 6.07) is 14.5. The molecule has 3 atom stereocenters. The van der Waals surface area contributed by atoms with Gasteiger partial charge in [0.1, 0.15) is 24.3 Å². The normalized spacial score (nSPS) is 24.5. The van der Waals surface area contributed by atoms with Crippen molar-refractivity contribution in [3.63, 3.8) is 0 Å². The van der Waals surface area contributed by atoms with Crippen LogP contribution in [-0.2, 0) is 9.53 Å². The Hall–Kier alpha value is -4.52. The van der Waals surface area contributed by atoms with Crippen molar-refractivity contribution in [3.05, 3.63) is 54.4 Å². The van der Waals surface area contributed by atoms with Gasteiger partial charge in [-0.15, -0.1) is 0 Å². The maximum Gasteiger partial charge on any atom is 0.262 e. The van der Waals surface area contributed by atoms with Crippen LogP contribution in [0, 0.1) is 11.3 Å². The highest BCUT2D eigenvalue weighted by atomic mass is 19.3. The summed E-state index contributed by atoms with van der Waals surface area (Å²) in [5.41, 5.74) is 2.68. The largest absolute Gasteiger partial charge is 0.486 e. The van der Waals surface area contributed by atoms with E-state index >= 15 is 4.39 Å². The summed E-state index contributed by atoms with van der Waals surface area (Å²) in [7, 11) is 0. The van der Waals surface area contributed by atoms with Gasteiger partial charge in [0.15, 0.2) is 12.0 Å². The minimum absolute atomic E-state index is 0.152. The van der Waals surface area contributed by atoms with Crippen LogP contribution in [0.3, 0.4) is 0 Å². The first-order valence-corrected chi connectivity index (χ1v) is 16.1. The molecule has 0 saturated carbocycles. The zero-order valence-corrected chi connectivity index (χ0v) is 26.2. The van der Waals surface area contributed by atoms with E-state index < -0.39 is 43.1 Å². The van der Waals surface area contributed by atoms with Crippen LogP contribution in [0.4, 0.5) is 30.5 Å². The quantitative estimate of drug-likeness (QED) is 0.369. The van der Waals surface area contributed by atoms with Crippen LogP contribution in [0.1, 0.15) is 18.4 Å². The molecule has 4 saturated heterocycles. The molecule has 4 fully saturated rings. The Labute approximate surface area is 275 Å². The number of amides is 1. The van der Waals surface area contributed by atoms with Gasteiger partial charge in [-0.3, -0.25) is 15.0 Å². The molecule has 2 aromatic carbocycles. The molecule has 252 valence electrons. The third-order valence-corrected chi connectivity index (χ3v) is 9.35. The van der Waals surface area contributed by atoms with Gasteiger partial charge in [-0.25, -0.2) is 23.1 Å². The van der Waals surface area contributed by atoms with Crippen LogP contribution in [0.5, 0.6) is 5.75 Å². The maximum absolute atomic E-state index is 15.1. The molecule has 1 aromatic heterocycles. The van der Waals surface area contributed by atoms with Crippen molar-refractivity contribution in [3.8, 4) is 23.2 Å². The van der Waals surface area contributed by atoms with Crippen molar-refractivity contribution in [2.75, 3.05) is 69.2 Å². The molecule has 7 rings (SSSR count). The Kier molecular flexibility index (Phi) is 9.04. The number of likely N-dealkylation sites (tertiary alicyclic amines) is 1.